The molecule has 1 atom stereocenters. The SMILES string of the molecule is O=C(Nc1cccc([N+](=O)[O-])c1)[C@H]1CCS(=O)(=O)C1. The number of nitrogens with one attached hydrogen (secondary N) is 1. The first-order valence-electron chi connectivity index (χ1n) is 5.63. The first-order valence-corrected chi connectivity index (χ1v) is 7.45. The number of anilines is 1. The van der Waals surface area contributed by atoms with Gasteiger partial charge in [0, 0.05) is 17.8 Å². The number of carbonyl (C=O) groups is 1. The number of hydrogen-bond acceptors (Lipinski definition) is 5. The summed E-state index contributed by atoms with van der Waals surface area (Å²) in [7, 11) is -3.12. The highest BCUT2D eigenvalue weighted by molar-refractivity contribution is 7.91. The number of hydrogen-bond donors (Lipinski definition) is 1. The van der Waals surface area contributed by atoms with E-state index in [1.54, 1.807) is 0 Å². The zero-order valence-corrected chi connectivity index (χ0v) is 10.7. The van der Waals surface area contributed by atoms with Gasteiger partial charge in [-0.2, -0.15) is 0 Å². The van der Waals surface area contributed by atoms with Crippen molar-refractivity contribution >= 4 is 27.1 Å². The Morgan fingerprint density at radius 3 is 2.74 bits per heavy atom. The van der Waals surface area contributed by atoms with E-state index in [9.17, 15) is 23.3 Å². The van der Waals surface area contributed by atoms with E-state index in [-0.39, 0.29) is 17.2 Å². The summed E-state index contributed by atoms with van der Waals surface area (Å²) in [5.74, 6) is -1.14. The van der Waals surface area contributed by atoms with Crippen molar-refractivity contribution in [3.63, 3.8) is 0 Å². The zero-order chi connectivity index (χ0) is 14.0. The predicted octanol–water partition coefficient (Wildman–Crippen LogP) is 0.968. The molecule has 1 heterocycles. The molecule has 1 fully saturated rings. The Kier molecular flexibility index (Phi) is 3.52. The minimum absolute atomic E-state index is 0.0139. The van der Waals surface area contributed by atoms with Crippen molar-refractivity contribution in [2.24, 2.45) is 5.92 Å². The van der Waals surface area contributed by atoms with Gasteiger partial charge >= 0.3 is 0 Å². The second-order valence-corrected chi connectivity index (χ2v) is 6.63. The number of benzene rings is 1. The Labute approximate surface area is 109 Å². The number of amides is 1. The van der Waals surface area contributed by atoms with Crippen molar-refractivity contribution in [2.75, 3.05) is 16.8 Å². The molecule has 1 aliphatic heterocycles. The van der Waals surface area contributed by atoms with Gasteiger partial charge in [-0.05, 0) is 12.5 Å². The second-order valence-electron chi connectivity index (χ2n) is 4.40. The summed E-state index contributed by atoms with van der Waals surface area (Å²) in [6.45, 7) is 0. The molecule has 1 saturated heterocycles. The molecule has 0 aliphatic carbocycles. The van der Waals surface area contributed by atoms with Crippen LogP contribution >= 0.6 is 0 Å². The quantitative estimate of drug-likeness (QED) is 0.657. The highest BCUT2D eigenvalue weighted by atomic mass is 32.2. The minimum atomic E-state index is -3.12. The van der Waals surface area contributed by atoms with E-state index in [1.807, 2.05) is 0 Å². The van der Waals surface area contributed by atoms with Crippen LogP contribution in [-0.4, -0.2) is 30.8 Å². The average molecular weight is 284 g/mol. The van der Waals surface area contributed by atoms with Crippen LogP contribution in [0, 0.1) is 16.0 Å². The molecule has 1 amide bonds. The largest absolute Gasteiger partial charge is 0.326 e. The van der Waals surface area contributed by atoms with Gasteiger partial charge < -0.3 is 5.32 Å². The van der Waals surface area contributed by atoms with Crippen LogP contribution in [0.15, 0.2) is 24.3 Å². The van der Waals surface area contributed by atoms with E-state index in [2.05, 4.69) is 5.32 Å². The molecule has 2 rings (SSSR count). The van der Waals surface area contributed by atoms with Gasteiger partial charge in [-0.1, -0.05) is 6.07 Å². The molecule has 0 bridgehead atoms. The topological polar surface area (TPSA) is 106 Å². The van der Waals surface area contributed by atoms with Gasteiger partial charge in [0.25, 0.3) is 5.69 Å². The van der Waals surface area contributed by atoms with E-state index in [1.165, 1.54) is 24.3 Å². The van der Waals surface area contributed by atoms with Crippen LogP contribution in [0.25, 0.3) is 0 Å². The number of rotatable bonds is 3. The van der Waals surface area contributed by atoms with Crippen molar-refractivity contribution in [1.82, 2.24) is 0 Å². The summed E-state index contributed by atoms with van der Waals surface area (Å²) < 4.78 is 22.5. The van der Waals surface area contributed by atoms with Crippen LogP contribution in [0.1, 0.15) is 6.42 Å². The third-order valence-electron chi connectivity index (χ3n) is 2.93. The molecule has 0 saturated carbocycles. The van der Waals surface area contributed by atoms with Gasteiger partial charge in [-0.3, -0.25) is 14.9 Å². The maximum atomic E-state index is 11.8. The van der Waals surface area contributed by atoms with Gasteiger partial charge in [-0.25, -0.2) is 8.42 Å². The number of non-ortho nitro benzene ring substituents is 1. The lowest BCUT2D eigenvalue weighted by Crippen LogP contribution is -2.23. The van der Waals surface area contributed by atoms with Gasteiger partial charge in [0.2, 0.25) is 5.91 Å². The van der Waals surface area contributed by atoms with E-state index in [0.717, 1.165) is 0 Å². The third-order valence-corrected chi connectivity index (χ3v) is 4.70. The Morgan fingerprint density at radius 2 is 2.16 bits per heavy atom. The van der Waals surface area contributed by atoms with E-state index in [0.29, 0.717) is 12.1 Å². The van der Waals surface area contributed by atoms with E-state index >= 15 is 0 Å². The predicted molar refractivity (Wildman–Crippen MR) is 68.5 cm³/mol. The summed E-state index contributed by atoms with van der Waals surface area (Å²) in [6.07, 6.45) is 0.295. The molecule has 0 radical (unpaired) electrons. The van der Waals surface area contributed by atoms with Crippen molar-refractivity contribution in [1.29, 1.82) is 0 Å². The molecule has 19 heavy (non-hydrogen) atoms. The van der Waals surface area contributed by atoms with Gasteiger partial charge in [0.1, 0.15) is 0 Å². The number of sulfone groups is 1. The van der Waals surface area contributed by atoms with Crippen molar-refractivity contribution in [3.05, 3.63) is 34.4 Å². The number of nitro groups is 1. The summed E-state index contributed by atoms with van der Waals surface area (Å²) >= 11 is 0. The molecule has 0 aromatic heterocycles. The smallest absolute Gasteiger partial charge is 0.271 e. The lowest BCUT2D eigenvalue weighted by Gasteiger charge is -2.09. The first kappa shape index (κ1) is 13.5. The average Bonchev–Trinajstić information content (AvgIpc) is 2.70. The second kappa shape index (κ2) is 4.96. The van der Waals surface area contributed by atoms with Crippen LogP contribution in [0.2, 0.25) is 0 Å². The number of carbonyl (C=O) groups excluding carboxylic acids is 1. The molecule has 8 heteroatoms. The highest BCUT2D eigenvalue weighted by Crippen LogP contribution is 2.22. The van der Waals surface area contributed by atoms with Crippen molar-refractivity contribution in [2.45, 2.75) is 6.42 Å². The summed E-state index contributed by atoms with van der Waals surface area (Å²) in [4.78, 5) is 21.9. The molecule has 1 aliphatic rings. The van der Waals surface area contributed by atoms with Crippen LogP contribution in [-0.2, 0) is 14.6 Å². The molecule has 7 nitrogen and oxygen atoms in total. The molecule has 0 spiro atoms. The minimum Gasteiger partial charge on any atom is -0.326 e. The van der Waals surface area contributed by atoms with Crippen LogP contribution < -0.4 is 5.32 Å². The van der Waals surface area contributed by atoms with Crippen molar-refractivity contribution < 1.29 is 18.1 Å². The van der Waals surface area contributed by atoms with E-state index in [4.69, 9.17) is 0 Å². The Hall–Kier alpha value is -1.96. The number of nitrogens with zero attached hydrogens (tertiary/aromatic N) is 1. The summed E-state index contributed by atoms with van der Waals surface area (Å²) in [5, 5.41) is 13.1. The van der Waals surface area contributed by atoms with E-state index < -0.39 is 26.6 Å². The van der Waals surface area contributed by atoms with Gasteiger partial charge in [0.15, 0.2) is 9.84 Å². The zero-order valence-electron chi connectivity index (χ0n) is 9.90. The Morgan fingerprint density at radius 1 is 1.42 bits per heavy atom. The third kappa shape index (κ3) is 3.28. The molecule has 1 aromatic carbocycles. The molecular formula is C11H12N2O5S. The van der Waals surface area contributed by atoms with Crippen molar-refractivity contribution in [3.8, 4) is 0 Å². The number of nitro benzene ring substituents is 1. The molecule has 1 aromatic rings. The van der Waals surface area contributed by atoms with Gasteiger partial charge in [-0.15, -0.1) is 0 Å². The summed E-state index contributed by atoms with van der Waals surface area (Å²) in [5.41, 5.74) is 0.167. The lowest BCUT2D eigenvalue weighted by atomic mass is 10.1. The fraction of sp³-hybridized carbons (Fsp3) is 0.364. The molecular weight excluding hydrogens is 272 g/mol. The maximum absolute atomic E-state index is 11.8. The molecule has 102 valence electrons. The monoisotopic (exact) mass is 284 g/mol. The fourth-order valence-corrected chi connectivity index (χ4v) is 3.68. The van der Waals surface area contributed by atoms with Crippen LogP contribution in [0.4, 0.5) is 11.4 Å². The first-order chi connectivity index (χ1) is 8.87. The fourth-order valence-electron chi connectivity index (χ4n) is 1.94. The Balaban J connectivity index is 2.07. The molecule has 0 unspecified atom stereocenters. The highest BCUT2D eigenvalue weighted by Gasteiger charge is 2.32. The van der Waals surface area contributed by atoms with Gasteiger partial charge in [0.05, 0.1) is 22.3 Å². The van der Waals surface area contributed by atoms with Crippen LogP contribution in [0.5, 0.6) is 0 Å². The standard InChI is InChI=1S/C11H12N2O5S/c14-11(8-4-5-19(17,18)7-8)12-9-2-1-3-10(6-9)13(15)16/h1-3,6,8H,4-5,7H2,(H,12,14)/t8-/m0/s1. The maximum Gasteiger partial charge on any atom is 0.271 e. The Bertz CT molecular complexity index is 626. The lowest BCUT2D eigenvalue weighted by molar-refractivity contribution is -0.384. The van der Waals surface area contributed by atoms with Crippen LogP contribution in [0.3, 0.4) is 0 Å². The summed E-state index contributed by atoms with van der Waals surface area (Å²) in [6, 6.07) is 5.53. The normalized spacial score (nSPS) is 20.9. The molecule has 1 N–H and O–H groups in total.